The summed E-state index contributed by atoms with van der Waals surface area (Å²) in [5, 5.41) is 20.0. The lowest BCUT2D eigenvalue weighted by molar-refractivity contribution is -0.159. The monoisotopic (exact) mass is 266 g/mol. The van der Waals surface area contributed by atoms with E-state index in [0.29, 0.717) is 6.61 Å². The molecule has 2 fully saturated rings. The molecule has 4 nitrogen and oxygen atoms in total. The highest BCUT2D eigenvalue weighted by molar-refractivity contribution is 8.20. The molecular formula is C10H18O4S2. The van der Waals surface area contributed by atoms with Gasteiger partial charge in [0.05, 0.1) is 11.2 Å². The van der Waals surface area contributed by atoms with E-state index < -0.39 is 24.1 Å². The molecule has 3 atom stereocenters. The molecule has 0 bridgehead atoms. The minimum absolute atomic E-state index is 0.0577. The van der Waals surface area contributed by atoms with Crippen molar-refractivity contribution < 1.29 is 19.7 Å². The second-order valence-corrected chi connectivity index (χ2v) is 7.26. The molecule has 2 aliphatic rings. The second kappa shape index (κ2) is 5.04. The topological polar surface area (TPSA) is 58.9 Å². The first-order valence-electron chi connectivity index (χ1n) is 5.41. The zero-order valence-electron chi connectivity index (χ0n) is 9.46. The van der Waals surface area contributed by atoms with Crippen molar-refractivity contribution in [1.82, 2.24) is 0 Å². The fourth-order valence-corrected chi connectivity index (χ4v) is 4.75. The van der Waals surface area contributed by atoms with E-state index in [4.69, 9.17) is 9.47 Å². The van der Waals surface area contributed by atoms with Crippen molar-refractivity contribution in [1.29, 1.82) is 0 Å². The predicted molar refractivity (Wildman–Crippen MR) is 65.6 cm³/mol. The molecule has 0 radical (unpaired) electrons. The van der Waals surface area contributed by atoms with Gasteiger partial charge in [-0.2, -0.15) is 0 Å². The van der Waals surface area contributed by atoms with Gasteiger partial charge in [-0.3, -0.25) is 0 Å². The Morgan fingerprint density at radius 1 is 1.19 bits per heavy atom. The third-order valence-electron chi connectivity index (χ3n) is 2.69. The van der Waals surface area contributed by atoms with Crippen LogP contribution in [0.5, 0.6) is 0 Å². The van der Waals surface area contributed by atoms with E-state index in [0.717, 1.165) is 11.5 Å². The third-order valence-corrected chi connectivity index (χ3v) is 5.86. The highest BCUT2D eigenvalue weighted by Gasteiger charge is 2.42. The fraction of sp³-hybridized carbons (Fsp3) is 1.00. The van der Waals surface area contributed by atoms with Gasteiger partial charge in [0.25, 0.3) is 0 Å². The molecule has 2 heterocycles. The predicted octanol–water partition coefficient (Wildman–Crippen LogP) is 0.666. The van der Waals surface area contributed by atoms with Gasteiger partial charge in [0.1, 0.15) is 18.3 Å². The Bertz CT molecular complexity index is 241. The van der Waals surface area contributed by atoms with E-state index in [-0.39, 0.29) is 4.58 Å². The standard InChI is InChI=1S/C10H18O4S2/c1-10(2)13-5-6(14-10)7(11)8(12)9-15-3-4-16-9/h6-9,11-12H,3-5H2,1-2H3/t6-,7-,8-/m1/s1. The molecule has 0 saturated carbocycles. The molecule has 6 heteroatoms. The van der Waals surface area contributed by atoms with Gasteiger partial charge >= 0.3 is 0 Å². The van der Waals surface area contributed by atoms with E-state index in [2.05, 4.69) is 0 Å². The molecule has 2 saturated heterocycles. The number of hydrogen-bond acceptors (Lipinski definition) is 6. The van der Waals surface area contributed by atoms with Crippen LogP contribution < -0.4 is 0 Å². The molecule has 0 amide bonds. The van der Waals surface area contributed by atoms with Gasteiger partial charge < -0.3 is 19.7 Å². The van der Waals surface area contributed by atoms with Gasteiger partial charge in [0.2, 0.25) is 0 Å². The normalized spacial score (nSPS) is 34.1. The summed E-state index contributed by atoms with van der Waals surface area (Å²) in [4.78, 5) is 0. The lowest BCUT2D eigenvalue weighted by Crippen LogP contribution is -2.43. The van der Waals surface area contributed by atoms with Crippen LogP contribution in [-0.4, -0.2) is 57.0 Å². The summed E-state index contributed by atoms with van der Waals surface area (Å²) in [5.41, 5.74) is 0. The van der Waals surface area contributed by atoms with Crippen LogP contribution in [0.15, 0.2) is 0 Å². The van der Waals surface area contributed by atoms with Gasteiger partial charge in [-0.15, -0.1) is 23.5 Å². The van der Waals surface area contributed by atoms with Crippen molar-refractivity contribution in [3.8, 4) is 0 Å². The second-order valence-electron chi connectivity index (χ2n) is 4.46. The van der Waals surface area contributed by atoms with E-state index in [9.17, 15) is 10.2 Å². The zero-order valence-corrected chi connectivity index (χ0v) is 11.1. The molecule has 2 rings (SSSR count). The van der Waals surface area contributed by atoms with Crippen molar-refractivity contribution in [2.45, 2.75) is 42.5 Å². The van der Waals surface area contributed by atoms with Crippen molar-refractivity contribution in [2.75, 3.05) is 18.1 Å². The molecule has 0 aromatic rings. The molecule has 0 aliphatic carbocycles. The van der Waals surface area contributed by atoms with E-state index >= 15 is 0 Å². The van der Waals surface area contributed by atoms with Crippen LogP contribution in [0.1, 0.15) is 13.8 Å². The van der Waals surface area contributed by atoms with E-state index in [1.807, 2.05) is 13.8 Å². The Balaban J connectivity index is 1.89. The number of ether oxygens (including phenoxy) is 2. The summed E-state index contributed by atoms with van der Waals surface area (Å²) < 4.78 is 11.0. The average molecular weight is 266 g/mol. The number of rotatable bonds is 3. The highest BCUT2D eigenvalue weighted by atomic mass is 32.2. The van der Waals surface area contributed by atoms with E-state index in [1.54, 1.807) is 23.5 Å². The summed E-state index contributed by atoms with van der Waals surface area (Å²) >= 11 is 3.39. The molecule has 0 unspecified atom stereocenters. The maximum absolute atomic E-state index is 10.0. The van der Waals surface area contributed by atoms with Crippen LogP contribution in [-0.2, 0) is 9.47 Å². The molecule has 16 heavy (non-hydrogen) atoms. The number of aliphatic hydroxyl groups excluding tert-OH is 2. The molecule has 2 aliphatic heterocycles. The van der Waals surface area contributed by atoms with Crippen molar-refractivity contribution >= 4 is 23.5 Å². The Labute approximate surface area is 104 Å². The van der Waals surface area contributed by atoms with Gasteiger partial charge in [-0.25, -0.2) is 0 Å². The molecule has 2 N–H and O–H groups in total. The summed E-state index contributed by atoms with van der Waals surface area (Å²) in [6.45, 7) is 3.96. The van der Waals surface area contributed by atoms with Crippen LogP contribution in [0.2, 0.25) is 0 Å². The zero-order chi connectivity index (χ0) is 11.8. The molecule has 94 valence electrons. The maximum atomic E-state index is 10.0. The SMILES string of the molecule is CC1(C)OC[C@H]([C@@H](O)[C@@H](O)C2SCCS2)O1. The lowest BCUT2D eigenvalue weighted by atomic mass is 10.1. The smallest absolute Gasteiger partial charge is 0.163 e. The van der Waals surface area contributed by atoms with Crippen LogP contribution >= 0.6 is 23.5 Å². The Morgan fingerprint density at radius 3 is 2.31 bits per heavy atom. The van der Waals surface area contributed by atoms with Crippen LogP contribution in [0.4, 0.5) is 0 Å². The minimum Gasteiger partial charge on any atom is -0.388 e. The Kier molecular flexibility index (Phi) is 4.09. The van der Waals surface area contributed by atoms with Crippen molar-refractivity contribution in [3.05, 3.63) is 0 Å². The number of thioether (sulfide) groups is 2. The summed E-state index contributed by atoms with van der Waals surface area (Å²) in [6.07, 6.45) is -2.04. The van der Waals surface area contributed by atoms with E-state index in [1.165, 1.54) is 0 Å². The number of hydrogen-bond donors (Lipinski definition) is 2. The first-order chi connectivity index (χ1) is 7.49. The largest absolute Gasteiger partial charge is 0.388 e. The van der Waals surface area contributed by atoms with Gasteiger partial charge in [0.15, 0.2) is 5.79 Å². The lowest BCUT2D eigenvalue weighted by Gasteiger charge is -2.26. The first kappa shape index (κ1) is 13.0. The van der Waals surface area contributed by atoms with Gasteiger partial charge in [0, 0.05) is 11.5 Å². The molecule has 0 aromatic heterocycles. The average Bonchev–Trinajstić information content (AvgIpc) is 2.84. The summed E-state index contributed by atoms with van der Waals surface area (Å²) in [7, 11) is 0. The Morgan fingerprint density at radius 2 is 1.81 bits per heavy atom. The van der Waals surface area contributed by atoms with Crippen LogP contribution in [0.25, 0.3) is 0 Å². The van der Waals surface area contributed by atoms with Gasteiger partial charge in [-0.1, -0.05) is 0 Å². The third kappa shape index (κ3) is 2.86. The maximum Gasteiger partial charge on any atom is 0.163 e. The summed E-state index contributed by atoms with van der Waals surface area (Å²) in [5.74, 6) is 1.42. The van der Waals surface area contributed by atoms with Gasteiger partial charge in [-0.05, 0) is 13.8 Å². The first-order valence-corrected chi connectivity index (χ1v) is 7.50. The summed E-state index contributed by atoms with van der Waals surface area (Å²) in [6, 6.07) is 0. The molecular weight excluding hydrogens is 248 g/mol. The molecule has 0 aromatic carbocycles. The highest BCUT2D eigenvalue weighted by Crippen LogP contribution is 2.37. The Hall–Kier alpha value is 0.540. The van der Waals surface area contributed by atoms with Crippen LogP contribution in [0, 0.1) is 0 Å². The van der Waals surface area contributed by atoms with Crippen molar-refractivity contribution in [3.63, 3.8) is 0 Å². The quantitative estimate of drug-likeness (QED) is 0.783. The fourth-order valence-electron chi connectivity index (χ4n) is 1.84. The number of aliphatic hydroxyl groups is 2. The minimum atomic E-state index is -0.870. The molecule has 0 spiro atoms. The van der Waals surface area contributed by atoms with Crippen molar-refractivity contribution in [2.24, 2.45) is 0 Å². The van der Waals surface area contributed by atoms with Crippen LogP contribution in [0.3, 0.4) is 0 Å².